The number of aromatic nitrogens is 2. The largest absolute Gasteiger partial charge is 0.482 e. The first-order valence-electron chi connectivity index (χ1n) is 8.96. The first-order valence-corrected chi connectivity index (χ1v) is 11.4. The number of benzene rings is 2. The highest BCUT2D eigenvalue weighted by Crippen LogP contribution is 2.28. The summed E-state index contributed by atoms with van der Waals surface area (Å²) in [6.07, 6.45) is 2.57. The molecule has 162 valence electrons. The van der Waals surface area contributed by atoms with Crippen molar-refractivity contribution in [3.05, 3.63) is 65.3 Å². The van der Waals surface area contributed by atoms with E-state index in [1.165, 1.54) is 6.20 Å². The zero-order valence-electron chi connectivity index (χ0n) is 16.4. The molecule has 3 rings (SSSR count). The van der Waals surface area contributed by atoms with Crippen LogP contribution < -0.4 is 15.4 Å². The number of sulfone groups is 1. The van der Waals surface area contributed by atoms with Crippen molar-refractivity contribution in [2.75, 3.05) is 23.5 Å². The summed E-state index contributed by atoms with van der Waals surface area (Å²) in [5.74, 6) is -0.324. The van der Waals surface area contributed by atoms with Gasteiger partial charge < -0.3 is 20.5 Å². The lowest BCUT2D eigenvalue weighted by atomic mass is 10.2. The molecule has 3 N–H and O–H groups in total. The van der Waals surface area contributed by atoms with Gasteiger partial charge in [0.15, 0.2) is 22.3 Å². The fourth-order valence-electron chi connectivity index (χ4n) is 2.63. The number of anilines is 4. The summed E-state index contributed by atoms with van der Waals surface area (Å²) in [6, 6.07) is 13.6. The van der Waals surface area contributed by atoms with Crippen LogP contribution in [0.2, 0.25) is 5.02 Å². The number of carbonyl (C=O) groups is 1. The Balaban J connectivity index is 1.81. The quantitative estimate of drug-likeness (QED) is 0.436. The SMILES string of the molecule is CS(=O)(=O)Cc1ccccc1Nc1nc(Nc2cccc(OCC(=O)O)c2)ncc1Cl. The number of carboxylic acid groups (broad SMARTS) is 1. The number of para-hydroxylation sites is 1. The molecule has 9 nitrogen and oxygen atoms in total. The Labute approximate surface area is 184 Å². The van der Waals surface area contributed by atoms with E-state index in [2.05, 4.69) is 20.6 Å². The fourth-order valence-corrected chi connectivity index (χ4v) is 3.59. The first kappa shape index (κ1) is 22.3. The van der Waals surface area contributed by atoms with Gasteiger partial charge in [0.05, 0.1) is 11.9 Å². The van der Waals surface area contributed by atoms with Crippen molar-refractivity contribution in [3.63, 3.8) is 0 Å². The summed E-state index contributed by atoms with van der Waals surface area (Å²) in [7, 11) is -3.23. The molecule has 11 heteroatoms. The van der Waals surface area contributed by atoms with Crippen LogP contribution in [0.15, 0.2) is 54.7 Å². The number of nitrogens with zero attached hydrogens (tertiary/aromatic N) is 2. The smallest absolute Gasteiger partial charge is 0.341 e. The molecule has 0 radical (unpaired) electrons. The zero-order valence-corrected chi connectivity index (χ0v) is 17.9. The van der Waals surface area contributed by atoms with Gasteiger partial charge in [-0.2, -0.15) is 4.98 Å². The number of rotatable bonds is 9. The number of hydrogen-bond donors (Lipinski definition) is 3. The van der Waals surface area contributed by atoms with Gasteiger partial charge in [0.1, 0.15) is 10.8 Å². The maximum atomic E-state index is 11.7. The number of ether oxygens (including phenoxy) is 1. The molecule has 1 heterocycles. The minimum Gasteiger partial charge on any atom is -0.482 e. The van der Waals surface area contributed by atoms with E-state index in [-0.39, 0.29) is 16.7 Å². The van der Waals surface area contributed by atoms with Crippen LogP contribution in [0.25, 0.3) is 0 Å². The average Bonchev–Trinajstić information content (AvgIpc) is 2.69. The Morgan fingerprint density at radius 3 is 2.68 bits per heavy atom. The summed E-state index contributed by atoms with van der Waals surface area (Å²) in [5.41, 5.74) is 1.72. The minimum atomic E-state index is -3.23. The van der Waals surface area contributed by atoms with Gasteiger partial charge in [0, 0.05) is 23.7 Å². The third-order valence-corrected chi connectivity index (χ3v) is 5.00. The van der Waals surface area contributed by atoms with Crippen molar-refractivity contribution in [1.82, 2.24) is 9.97 Å². The summed E-state index contributed by atoms with van der Waals surface area (Å²) in [4.78, 5) is 19.1. The van der Waals surface area contributed by atoms with Gasteiger partial charge in [-0.25, -0.2) is 18.2 Å². The van der Waals surface area contributed by atoms with E-state index in [0.29, 0.717) is 28.5 Å². The second kappa shape index (κ2) is 9.63. The van der Waals surface area contributed by atoms with Crippen molar-refractivity contribution in [2.24, 2.45) is 0 Å². The van der Waals surface area contributed by atoms with Gasteiger partial charge in [0.2, 0.25) is 5.95 Å². The third kappa shape index (κ3) is 6.83. The van der Waals surface area contributed by atoms with Gasteiger partial charge in [-0.3, -0.25) is 0 Å². The minimum absolute atomic E-state index is 0.132. The van der Waals surface area contributed by atoms with E-state index in [4.69, 9.17) is 21.4 Å². The Morgan fingerprint density at radius 1 is 1.16 bits per heavy atom. The molecule has 0 fully saturated rings. The number of carboxylic acids is 1. The molecule has 0 bridgehead atoms. The maximum absolute atomic E-state index is 11.7. The predicted octanol–water partition coefficient (Wildman–Crippen LogP) is 3.63. The molecular weight excluding hydrogens is 444 g/mol. The van der Waals surface area contributed by atoms with Crippen molar-refractivity contribution in [3.8, 4) is 5.75 Å². The second-order valence-corrected chi connectivity index (χ2v) is 9.13. The third-order valence-electron chi connectivity index (χ3n) is 3.88. The van der Waals surface area contributed by atoms with E-state index in [0.717, 1.165) is 6.26 Å². The molecule has 0 aliphatic rings. The fraction of sp³-hybridized carbons (Fsp3) is 0.150. The average molecular weight is 463 g/mol. The van der Waals surface area contributed by atoms with Crippen LogP contribution in [0, 0.1) is 0 Å². The molecule has 3 aromatic rings. The Bertz CT molecular complexity index is 1200. The summed E-state index contributed by atoms with van der Waals surface area (Å²) in [6.45, 7) is -0.456. The number of nitrogens with one attached hydrogen (secondary N) is 2. The van der Waals surface area contributed by atoms with Crippen LogP contribution in [0.1, 0.15) is 5.56 Å². The predicted molar refractivity (Wildman–Crippen MR) is 118 cm³/mol. The van der Waals surface area contributed by atoms with E-state index >= 15 is 0 Å². The van der Waals surface area contributed by atoms with Crippen molar-refractivity contribution < 1.29 is 23.1 Å². The summed E-state index contributed by atoms with van der Waals surface area (Å²) >= 11 is 6.22. The van der Waals surface area contributed by atoms with Gasteiger partial charge >= 0.3 is 5.97 Å². The molecule has 0 saturated carbocycles. The van der Waals surface area contributed by atoms with Crippen LogP contribution in [0.3, 0.4) is 0 Å². The van der Waals surface area contributed by atoms with Crippen LogP contribution in [0.5, 0.6) is 5.75 Å². The van der Waals surface area contributed by atoms with Crippen molar-refractivity contribution in [2.45, 2.75) is 5.75 Å². The number of aliphatic carboxylic acids is 1. The molecule has 31 heavy (non-hydrogen) atoms. The van der Waals surface area contributed by atoms with Gasteiger partial charge in [0.25, 0.3) is 0 Å². The van der Waals surface area contributed by atoms with Gasteiger partial charge in [-0.15, -0.1) is 0 Å². The Morgan fingerprint density at radius 2 is 1.94 bits per heavy atom. The highest BCUT2D eigenvalue weighted by atomic mass is 35.5. The van der Waals surface area contributed by atoms with E-state index in [1.807, 2.05) is 0 Å². The molecule has 0 amide bonds. The first-order chi connectivity index (χ1) is 14.7. The highest BCUT2D eigenvalue weighted by molar-refractivity contribution is 7.89. The molecule has 0 spiro atoms. The highest BCUT2D eigenvalue weighted by Gasteiger charge is 2.12. The number of halogens is 1. The Kier molecular flexibility index (Phi) is 6.93. The molecule has 0 aliphatic carbocycles. The topological polar surface area (TPSA) is 131 Å². The molecule has 0 unspecified atom stereocenters. The lowest BCUT2D eigenvalue weighted by Gasteiger charge is -2.13. The molecule has 0 saturated heterocycles. The van der Waals surface area contributed by atoms with E-state index < -0.39 is 22.4 Å². The molecule has 0 atom stereocenters. The lowest BCUT2D eigenvalue weighted by Crippen LogP contribution is -2.09. The van der Waals surface area contributed by atoms with Gasteiger partial charge in [-0.05, 0) is 23.8 Å². The monoisotopic (exact) mass is 462 g/mol. The van der Waals surface area contributed by atoms with Crippen LogP contribution in [-0.2, 0) is 20.4 Å². The second-order valence-electron chi connectivity index (χ2n) is 6.58. The van der Waals surface area contributed by atoms with E-state index in [1.54, 1.807) is 48.5 Å². The summed E-state index contributed by atoms with van der Waals surface area (Å²) in [5, 5.41) is 15.0. The van der Waals surface area contributed by atoms with Crippen molar-refractivity contribution >= 4 is 50.5 Å². The van der Waals surface area contributed by atoms with Crippen molar-refractivity contribution in [1.29, 1.82) is 0 Å². The maximum Gasteiger partial charge on any atom is 0.341 e. The zero-order chi connectivity index (χ0) is 22.4. The summed E-state index contributed by atoms with van der Waals surface area (Å²) < 4.78 is 28.6. The molecular formula is C20H19ClN4O5S. The standard InChI is InChI=1S/C20H19ClN4O5S/c1-31(28,29)12-13-5-2-3-8-17(13)24-19-16(21)10-22-20(25-19)23-14-6-4-7-15(9-14)30-11-18(26)27/h2-10H,11-12H2,1H3,(H,26,27)(H2,22,23,24,25). The normalized spacial score (nSPS) is 11.0. The van der Waals surface area contributed by atoms with Gasteiger partial charge in [-0.1, -0.05) is 35.9 Å². The number of hydrogen-bond acceptors (Lipinski definition) is 8. The van der Waals surface area contributed by atoms with Crippen LogP contribution >= 0.6 is 11.6 Å². The van der Waals surface area contributed by atoms with Crippen LogP contribution in [-0.4, -0.2) is 42.3 Å². The molecule has 1 aromatic heterocycles. The van der Waals surface area contributed by atoms with Crippen LogP contribution in [0.4, 0.5) is 23.1 Å². The molecule has 0 aliphatic heterocycles. The Hall–Kier alpha value is -3.37. The molecule has 2 aromatic carbocycles. The lowest BCUT2D eigenvalue weighted by molar-refractivity contribution is -0.139. The van der Waals surface area contributed by atoms with E-state index in [9.17, 15) is 13.2 Å².